The predicted octanol–water partition coefficient (Wildman–Crippen LogP) is 3.19. The summed E-state index contributed by atoms with van der Waals surface area (Å²) in [7, 11) is 0. The lowest BCUT2D eigenvalue weighted by molar-refractivity contribution is 0.555. The van der Waals surface area contributed by atoms with Crippen molar-refractivity contribution in [3.8, 4) is 10.8 Å². The first-order chi connectivity index (χ1) is 6.66. The molecule has 2 N–H and O–H groups in total. The number of halogens is 1. The molecule has 0 aliphatic heterocycles. The van der Waals surface area contributed by atoms with E-state index in [2.05, 4.69) is 20.9 Å². The quantitative estimate of drug-likeness (QED) is 0.914. The number of aromatic nitrogens is 1. The van der Waals surface area contributed by atoms with Crippen molar-refractivity contribution in [1.82, 2.24) is 4.98 Å². The first-order valence-corrected chi connectivity index (χ1v) is 5.75. The van der Waals surface area contributed by atoms with Crippen molar-refractivity contribution in [2.24, 2.45) is 5.73 Å². The Morgan fingerprint density at radius 3 is 2.86 bits per heavy atom. The Balaban J connectivity index is 2.33. The monoisotopic (exact) mass is 272 g/mol. The van der Waals surface area contributed by atoms with Crippen LogP contribution < -0.4 is 5.73 Å². The largest absolute Gasteiger partial charge is 0.447 e. The fourth-order valence-electron chi connectivity index (χ4n) is 1.04. The summed E-state index contributed by atoms with van der Waals surface area (Å²) in [6, 6.07) is 3.76. The second-order valence-corrected chi connectivity index (χ2v) is 4.80. The van der Waals surface area contributed by atoms with E-state index in [1.165, 1.54) is 0 Å². The third-order valence-electron chi connectivity index (χ3n) is 1.76. The summed E-state index contributed by atoms with van der Waals surface area (Å²) in [5.74, 6) is 0.772. The van der Waals surface area contributed by atoms with Crippen molar-refractivity contribution in [3.63, 3.8) is 0 Å². The molecule has 14 heavy (non-hydrogen) atoms. The zero-order valence-corrected chi connectivity index (χ0v) is 9.93. The van der Waals surface area contributed by atoms with Crippen LogP contribution in [0.25, 0.3) is 10.8 Å². The van der Waals surface area contributed by atoms with Crippen LogP contribution in [-0.4, -0.2) is 4.98 Å². The number of hydrogen-bond donors (Lipinski definition) is 1. The Kier molecular flexibility index (Phi) is 2.71. The number of nitrogens with zero attached hydrogens (tertiary/aromatic N) is 1. The summed E-state index contributed by atoms with van der Waals surface area (Å²) in [6.45, 7) is 1.94. The van der Waals surface area contributed by atoms with Crippen LogP contribution >= 0.6 is 27.3 Å². The van der Waals surface area contributed by atoms with Gasteiger partial charge in [0.25, 0.3) is 0 Å². The van der Waals surface area contributed by atoms with Crippen molar-refractivity contribution in [3.05, 3.63) is 27.9 Å². The van der Waals surface area contributed by atoms with E-state index in [4.69, 9.17) is 10.2 Å². The van der Waals surface area contributed by atoms with Crippen molar-refractivity contribution < 1.29 is 4.42 Å². The van der Waals surface area contributed by atoms with E-state index in [0.29, 0.717) is 4.67 Å². The third-order valence-corrected chi connectivity index (χ3v) is 3.40. The molecule has 0 spiro atoms. The highest BCUT2D eigenvalue weighted by Crippen LogP contribution is 2.30. The molecule has 2 aromatic rings. The standard InChI is InChI=1S/C9H9BrN2OS/c1-5(11)7-4-12-9(14-7)6-2-3-8(10)13-6/h2-5H,11H2,1H3. The number of hydrogen-bond acceptors (Lipinski definition) is 4. The van der Waals surface area contributed by atoms with Crippen LogP contribution in [0.1, 0.15) is 17.8 Å². The van der Waals surface area contributed by atoms with Crippen LogP contribution in [0, 0.1) is 0 Å². The van der Waals surface area contributed by atoms with E-state index in [1.54, 1.807) is 17.5 Å². The Morgan fingerprint density at radius 2 is 2.36 bits per heavy atom. The van der Waals surface area contributed by atoms with Gasteiger partial charge in [0.2, 0.25) is 0 Å². The highest BCUT2D eigenvalue weighted by atomic mass is 79.9. The van der Waals surface area contributed by atoms with E-state index in [0.717, 1.165) is 15.6 Å². The van der Waals surface area contributed by atoms with Crippen LogP contribution in [-0.2, 0) is 0 Å². The molecule has 2 aromatic heterocycles. The maximum atomic E-state index is 5.74. The van der Waals surface area contributed by atoms with E-state index >= 15 is 0 Å². The van der Waals surface area contributed by atoms with E-state index in [9.17, 15) is 0 Å². The van der Waals surface area contributed by atoms with Gasteiger partial charge in [0.1, 0.15) is 0 Å². The average molecular weight is 273 g/mol. The zero-order chi connectivity index (χ0) is 10.1. The molecule has 0 fully saturated rings. The fourth-order valence-corrected chi connectivity index (χ4v) is 2.18. The fraction of sp³-hybridized carbons (Fsp3) is 0.222. The van der Waals surface area contributed by atoms with Gasteiger partial charge < -0.3 is 10.2 Å². The topological polar surface area (TPSA) is 52.0 Å². The second-order valence-electron chi connectivity index (χ2n) is 2.96. The molecule has 0 aromatic carbocycles. The minimum atomic E-state index is 0.0275. The molecule has 74 valence electrons. The average Bonchev–Trinajstić information content (AvgIpc) is 2.70. The van der Waals surface area contributed by atoms with Gasteiger partial charge in [-0.1, -0.05) is 0 Å². The third kappa shape index (κ3) is 1.89. The number of nitrogens with two attached hydrogens (primary N) is 1. The van der Waals surface area contributed by atoms with Crippen molar-refractivity contribution in [1.29, 1.82) is 0 Å². The lowest BCUT2D eigenvalue weighted by atomic mass is 10.3. The van der Waals surface area contributed by atoms with Gasteiger partial charge in [-0.25, -0.2) is 4.98 Å². The summed E-state index contributed by atoms with van der Waals surface area (Å²) < 4.78 is 6.10. The Morgan fingerprint density at radius 1 is 1.57 bits per heavy atom. The predicted molar refractivity (Wildman–Crippen MR) is 60.1 cm³/mol. The number of thiazole rings is 1. The van der Waals surface area contributed by atoms with E-state index < -0.39 is 0 Å². The first-order valence-electron chi connectivity index (χ1n) is 4.14. The van der Waals surface area contributed by atoms with Crippen LogP contribution in [0.15, 0.2) is 27.4 Å². The normalized spacial score (nSPS) is 13.1. The molecule has 1 unspecified atom stereocenters. The maximum absolute atomic E-state index is 5.74. The van der Waals surface area contributed by atoms with E-state index in [1.807, 2.05) is 19.1 Å². The minimum Gasteiger partial charge on any atom is -0.447 e. The van der Waals surface area contributed by atoms with Gasteiger partial charge in [-0.3, -0.25) is 0 Å². The van der Waals surface area contributed by atoms with Gasteiger partial charge in [0, 0.05) is 17.1 Å². The van der Waals surface area contributed by atoms with Crippen LogP contribution in [0.2, 0.25) is 0 Å². The lowest BCUT2D eigenvalue weighted by Crippen LogP contribution is -2.01. The molecule has 0 bridgehead atoms. The molecule has 2 rings (SSSR count). The first kappa shape index (κ1) is 9.89. The molecular weight excluding hydrogens is 264 g/mol. The van der Waals surface area contributed by atoms with Gasteiger partial charge in [0.15, 0.2) is 15.4 Å². The van der Waals surface area contributed by atoms with Crippen molar-refractivity contribution >= 4 is 27.3 Å². The summed E-state index contributed by atoms with van der Waals surface area (Å²) in [6.07, 6.45) is 1.79. The highest BCUT2D eigenvalue weighted by Gasteiger charge is 2.10. The van der Waals surface area contributed by atoms with Gasteiger partial charge in [0.05, 0.1) is 0 Å². The zero-order valence-electron chi connectivity index (χ0n) is 7.53. The van der Waals surface area contributed by atoms with Crippen LogP contribution in [0.5, 0.6) is 0 Å². The Hall–Kier alpha value is -0.650. The van der Waals surface area contributed by atoms with Crippen LogP contribution in [0.3, 0.4) is 0 Å². The SMILES string of the molecule is CC(N)c1cnc(-c2ccc(Br)o2)s1. The maximum Gasteiger partial charge on any atom is 0.170 e. The van der Waals surface area contributed by atoms with Crippen molar-refractivity contribution in [2.75, 3.05) is 0 Å². The molecule has 0 aliphatic carbocycles. The molecule has 0 aliphatic rings. The summed E-state index contributed by atoms with van der Waals surface area (Å²) >= 11 is 4.81. The lowest BCUT2D eigenvalue weighted by Gasteiger charge is -1.96. The van der Waals surface area contributed by atoms with Crippen LogP contribution in [0.4, 0.5) is 0 Å². The highest BCUT2D eigenvalue weighted by molar-refractivity contribution is 9.10. The summed E-state index contributed by atoms with van der Waals surface area (Å²) in [5.41, 5.74) is 5.74. The molecule has 1 atom stereocenters. The number of rotatable bonds is 2. The van der Waals surface area contributed by atoms with Gasteiger partial charge in [-0.15, -0.1) is 11.3 Å². The number of furan rings is 1. The molecule has 0 saturated carbocycles. The van der Waals surface area contributed by atoms with E-state index in [-0.39, 0.29) is 6.04 Å². The second kappa shape index (κ2) is 3.84. The summed E-state index contributed by atoms with van der Waals surface area (Å²) in [5, 5.41) is 0.864. The molecule has 0 radical (unpaired) electrons. The Bertz CT molecular complexity index is 435. The van der Waals surface area contributed by atoms with Crippen molar-refractivity contribution in [2.45, 2.75) is 13.0 Å². The van der Waals surface area contributed by atoms with Gasteiger partial charge in [-0.05, 0) is 35.0 Å². The molecule has 2 heterocycles. The Labute approximate surface area is 94.1 Å². The molecular formula is C9H9BrN2OS. The van der Waals surface area contributed by atoms with Gasteiger partial charge in [-0.2, -0.15) is 0 Å². The van der Waals surface area contributed by atoms with Gasteiger partial charge >= 0.3 is 0 Å². The molecule has 3 nitrogen and oxygen atoms in total. The minimum absolute atomic E-state index is 0.0275. The smallest absolute Gasteiger partial charge is 0.170 e. The molecule has 0 amide bonds. The molecule has 5 heteroatoms. The summed E-state index contributed by atoms with van der Waals surface area (Å²) in [4.78, 5) is 5.31. The molecule has 0 saturated heterocycles.